The van der Waals surface area contributed by atoms with E-state index >= 15 is 0 Å². The largest absolute Gasteiger partial charge is 0.397 e. The van der Waals surface area contributed by atoms with Gasteiger partial charge in [-0.3, -0.25) is 4.79 Å². The van der Waals surface area contributed by atoms with Crippen LogP contribution in [0.5, 0.6) is 0 Å². The number of carbonyl (C=O) groups is 1. The lowest BCUT2D eigenvalue weighted by atomic mass is 9.92. The summed E-state index contributed by atoms with van der Waals surface area (Å²) in [5.74, 6) is -0.116. The summed E-state index contributed by atoms with van der Waals surface area (Å²) in [5, 5.41) is 4.57. The van der Waals surface area contributed by atoms with Crippen LogP contribution in [0.15, 0.2) is 18.2 Å². The summed E-state index contributed by atoms with van der Waals surface area (Å²) >= 11 is 7.39. The summed E-state index contributed by atoms with van der Waals surface area (Å²) in [4.78, 5) is 13.1. The van der Waals surface area contributed by atoms with E-state index in [2.05, 4.69) is 5.32 Å². The van der Waals surface area contributed by atoms with Crippen molar-refractivity contribution in [2.24, 2.45) is 0 Å². The number of fused-ring (bicyclic) bond motifs is 1. The van der Waals surface area contributed by atoms with E-state index < -0.39 is 0 Å². The first-order valence-corrected chi connectivity index (χ1v) is 8.06. The predicted octanol–water partition coefficient (Wildman–Crippen LogP) is 3.44. The second-order valence-electron chi connectivity index (χ2n) is 5.61. The maximum absolute atomic E-state index is 12.5. The van der Waals surface area contributed by atoms with Crippen LogP contribution in [0.3, 0.4) is 0 Å². The zero-order valence-corrected chi connectivity index (χ0v) is 13.3. The first-order chi connectivity index (χ1) is 9.98. The van der Waals surface area contributed by atoms with E-state index in [0.717, 1.165) is 22.9 Å². The number of hydrogen-bond acceptors (Lipinski definition) is 4. The molecule has 3 rings (SSSR count). The van der Waals surface area contributed by atoms with Crippen LogP contribution in [-0.4, -0.2) is 24.7 Å². The highest BCUT2D eigenvalue weighted by Gasteiger charge is 2.30. The van der Waals surface area contributed by atoms with Crippen LogP contribution in [0.4, 0.5) is 5.69 Å². The molecule has 0 aliphatic carbocycles. The van der Waals surface area contributed by atoms with Crippen LogP contribution in [0.25, 0.3) is 10.1 Å². The van der Waals surface area contributed by atoms with Crippen molar-refractivity contribution in [3.63, 3.8) is 0 Å². The Hall–Kier alpha value is -1.30. The van der Waals surface area contributed by atoms with Gasteiger partial charge in [-0.05, 0) is 38.0 Å². The molecule has 0 radical (unpaired) electrons. The van der Waals surface area contributed by atoms with Gasteiger partial charge in [0.15, 0.2) is 0 Å². The Kier molecular flexibility index (Phi) is 3.82. The topological polar surface area (TPSA) is 64.4 Å². The molecule has 2 aromatic rings. The lowest BCUT2D eigenvalue weighted by molar-refractivity contribution is 0.0424. The average molecular weight is 325 g/mol. The average Bonchev–Trinajstić information content (AvgIpc) is 2.76. The maximum Gasteiger partial charge on any atom is 0.263 e. The highest BCUT2D eigenvalue weighted by atomic mass is 35.5. The van der Waals surface area contributed by atoms with Crippen molar-refractivity contribution in [1.82, 2.24) is 5.32 Å². The third kappa shape index (κ3) is 2.86. The molecule has 2 heterocycles. The number of thiophene rings is 1. The van der Waals surface area contributed by atoms with Gasteiger partial charge in [0.25, 0.3) is 5.91 Å². The molecule has 21 heavy (non-hydrogen) atoms. The number of carbonyl (C=O) groups excluding carboxylic acids is 1. The number of halogens is 1. The quantitative estimate of drug-likeness (QED) is 0.889. The highest BCUT2D eigenvalue weighted by Crippen LogP contribution is 2.35. The van der Waals surface area contributed by atoms with Crippen LogP contribution >= 0.6 is 22.9 Å². The fourth-order valence-corrected chi connectivity index (χ4v) is 3.71. The molecule has 1 aromatic carbocycles. The standard InChI is InChI=1S/C15H17ClN2O2S/c1-15(4-6-20-7-5-15)18-14(19)13-12(17)10-8-9(16)2-3-11(10)21-13/h2-3,8H,4-7,17H2,1H3,(H,18,19). The number of nitrogen functional groups attached to an aromatic ring is 1. The molecule has 112 valence electrons. The number of ether oxygens (including phenoxy) is 1. The van der Waals surface area contributed by atoms with Gasteiger partial charge in [0.05, 0.1) is 5.69 Å². The van der Waals surface area contributed by atoms with Gasteiger partial charge in [-0.2, -0.15) is 0 Å². The van der Waals surface area contributed by atoms with E-state index in [1.807, 2.05) is 13.0 Å². The molecule has 1 aliphatic heterocycles. The Morgan fingerprint density at radius 1 is 1.43 bits per heavy atom. The van der Waals surface area contributed by atoms with Crippen LogP contribution < -0.4 is 11.1 Å². The number of benzene rings is 1. The van der Waals surface area contributed by atoms with Crippen molar-refractivity contribution in [3.05, 3.63) is 28.1 Å². The van der Waals surface area contributed by atoms with E-state index in [1.54, 1.807) is 12.1 Å². The molecule has 6 heteroatoms. The van der Waals surface area contributed by atoms with Gasteiger partial charge < -0.3 is 15.8 Å². The van der Waals surface area contributed by atoms with Crippen molar-refractivity contribution in [3.8, 4) is 0 Å². The van der Waals surface area contributed by atoms with Crippen LogP contribution in [-0.2, 0) is 4.74 Å². The van der Waals surface area contributed by atoms with Gasteiger partial charge in [-0.25, -0.2) is 0 Å². The molecule has 4 nitrogen and oxygen atoms in total. The van der Waals surface area contributed by atoms with Gasteiger partial charge in [0.1, 0.15) is 4.88 Å². The molecular weight excluding hydrogens is 308 g/mol. The molecule has 1 amide bonds. The number of rotatable bonds is 2. The van der Waals surface area contributed by atoms with Crippen molar-refractivity contribution in [1.29, 1.82) is 0 Å². The first kappa shape index (κ1) is 14.6. The molecule has 1 aromatic heterocycles. The Morgan fingerprint density at radius 3 is 2.86 bits per heavy atom. The monoisotopic (exact) mass is 324 g/mol. The van der Waals surface area contributed by atoms with Crippen LogP contribution in [0.1, 0.15) is 29.4 Å². The van der Waals surface area contributed by atoms with Crippen molar-refractivity contribution in [2.45, 2.75) is 25.3 Å². The van der Waals surface area contributed by atoms with Gasteiger partial charge in [0.2, 0.25) is 0 Å². The molecule has 0 atom stereocenters. The molecule has 0 spiro atoms. The molecular formula is C15H17ClN2O2S. The smallest absolute Gasteiger partial charge is 0.263 e. The molecule has 1 aliphatic rings. The van der Waals surface area contributed by atoms with Gasteiger partial charge >= 0.3 is 0 Å². The van der Waals surface area contributed by atoms with Gasteiger partial charge in [0, 0.05) is 33.9 Å². The predicted molar refractivity (Wildman–Crippen MR) is 87.2 cm³/mol. The normalized spacial score (nSPS) is 17.8. The zero-order chi connectivity index (χ0) is 15.0. The number of nitrogens with one attached hydrogen (secondary N) is 1. The number of hydrogen-bond donors (Lipinski definition) is 2. The Bertz CT molecular complexity index is 692. The lowest BCUT2D eigenvalue weighted by Gasteiger charge is -2.34. The van der Waals surface area contributed by atoms with Gasteiger partial charge in [-0.15, -0.1) is 11.3 Å². The number of anilines is 1. The second-order valence-corrected chi connectivity index (χ2v) is 7.10. The van der Waals surface area contributed by atoms with E-state index in [9.17, 15) is 4.79 Å². The van der Waals surface area contributed by atoms with Crippen molar-refractivity contribution < 1.29 is 9.53 Å². The molecule has 0 saturated carbocycles. The second kappa shape index (κ2) is 5.48. The summed E-state index contributed by atoms with van der Waals surface area (Å²) in [6.45, 7) is 3.40. The third-order valence-electron chi connectivity index (χ3n) is 3.91. The van der Waals surface area contributed by atoms with Gasteiger partial charge in [-0.1, -0.05) is 11.6 Å². The molecule has 1 saturated heterocycles. The Morgan fingerprint density at radius 2 is 2.14 bits per heavy atom. The fourth-order valence-electron chi connectivity index (χ4n) is 2.54. The summed E-state index contributed by atoms with van der Waals surface area (Å²) in [6, 6.07) is 5.50. The summed E-state index contributed by atoms with van der Waals surface area (Å²) in [5.41, 5.74) is 6.40. The maximum atomic E-state index is 12.5. The van der Waals surface area contributed by atoms with Crippen LogP contribution in [0.2, 0.25) is 5.02 Å². The molecule has 3 N–H and O–H groups in total. The summed E-state index contributed by atoms with van der Waals surface area (Å²) < 4.78 is 6.32. The summed E-state index contributed by atoms with van der Waals surface area (Å²) in [7, 11) is 0. The van der Waals surface area contributed by atoms with Crippen molar-refractivity contribution in [2.75, 3.05) is 18.9 Å². The minimum absolute atomic E-state index is 0.116. The van der Waals surface area contributed by atoms with E-state index in [0.29, 0.717) is 28.8 Å². The molecule has 1 fully saturated rings. The Balaban J connectivity index is 1.89. The first-order valence-electron chi connectivity index (χ1n) is 6.86. The highest BCUT2D eigenvalue weighted by molar-refractivity contribution is 7.21. The van der Waals surface area contributed by atoms with E-state index in [4.69, 9.17) is 22.1 Å². The fraction of sp³-hybridized carbons (Fsp3) is 0.400. The zero-order valence-electron chi connectivity index (χ0n) is 11.7. The minimum Gasteiger partial charge on any atom is -0.397 e. The summed E-state index contributed by atoms with van der Waals surface area (Å²) in [6.07, 6.45) is 1.63. The number of nitrogens with two attached hydrogens (primary N) is 1. The minimum atomic E-state index is -0.227. The molecule has 0 unspecified atom stereocenters. The Labute approximate surface area is 132 Å². The van der Waals surface area contributed by atoms with Crippen LogP contribution in [0, 0.1) is 0 Å². The lowest BCUT2D eigenvalue weighted by Crippen LogP contribution is -2.49. The molecule has 0 bridgehead atoms. The van der Waals surface area contributed by atoms with E-state index in [-0.39, 0.29) is 11.4 Å². The van der Waals surface area contributed by atoms with E-state index in [1.165, 1.54) is 11.3 Å². The number of amides is 1. The SMILES string of the molecule is CC1(NC(=O)c2sc3ccc(Cl)cc3c2N)CCOCC1. The third-order valence-corrected chi connectivity index (χ3v) is 5.33. The van der Waals surface area contributed by atoms with Crippen molar-refractivity contribution >= 4 is 44.6 Å².